The molecular weight excluding hydrogens is 310 g/mol. The summed E-state index contributed by atoms with van der Waals surface area (Å²) in [6.45, 7) is 3.48. The Morgan fingerprint density at radius 3 is 2.62 bits per heavy atom. The molecule has 0 aliphatic carbocycles. The molecule has 0 fully saturated rings. The number of carbonyl (C=O) groups excluding carboxylic acids is 2. The molecule has 128 valence electrons. The second-order valence-corrected chi connectivity index (χ2v) is 6.03. The van der Waals surface area contributed by atoms with E-state index < -0.39 is 17.9 Å². The highest BCUT2D eigenvalue weighted by Gasteiger charge is 2.21. The van der Waals surface area contributed by atoms with Crippen LogP contribution in [0.5, 0.6) is 0 Å². The Morgan fingerprint density at radius 2 is 2.00 bits per heavy atom. The lowest BCUT2D eigenvalue weighted by atomic mass is 10.0. The predicted octanol–water partition coefficient (Wildman–Crippen LogP) is 1.28. The average molecular weight is 331 g/mol. The van der Waals surface area contributed by atoms with Gasteiger partial charge in [0.05, 0.1) is 12.1 Å². The molecule has 0 saturated carbocycles. The molecule has 0 spiro atoms. The maximum atomic E-state index is 12.1. The van der Waals surface area contributed by atoms with Crippen LogP contribution in [0.1, 0.15) is 30.6 Å². The molecule has 0 aliphatic heterocycles. The van der Waals surface area contributed by atoms with Gasteiger partial charge in [0, 0.05) is 17.9 Å². The number of aromatic nitrogens is 1. The number of hydrogen-bond acceptors (Lipinski definition) is 3. The van der Waals surface area contributed by atoms with Crippen LogP contribution in [0.15, 0.2) is 36.7 Å². The van der Waals surface area contributed by atoms with Gasteiger partial charge >= 0.3 is 5.97 Å². The number of carboxylic acid groups (broad SMARTS) is 1. The van der Waals surface area contributed by atoms with Crippen molar-refractivity contribution in [1.82, 2.24) is 15.0 Å². The molecule has 2 aromatic rings. The number of nitrogens with zero attached hydrogens (tertiary/aromatic N) is 1. The van der Waals surface area contributed by atoms with Gasteiger partial charge in [0.2, 0.25) is 5.91 Å². The van der Waals surface area contributed by atoms with E-state index in [1.165, 1.54) is 0 Å². The first-order valence-electron chi connectivity index (χ1n) is 7.74. The van der Waals surface area contributed by atoms with E-state index in [0.29, 0.717) is 12.0 Å². The van der Waals surface area contributed by atoms with Gasteiger partial charge < -0.3 is 20.1 Å². The number of rotatable bonds is 7. The second kappa shape index (κ2) is 7.63. The first-order valence-corrected chi connectivity index (χ1v) is 7.74. The lowest BCUT2D eigenvalue weighted by molar-refractivity contribution is -0.142. The second-order valence-electron chi connectivity index (χ2n) is 6.03. The van der Waals surface area contributed by atoms with Crippen LogP contribution in [0.2, 0.25) is 0 Å². The highest BCUT2D eigenvalue weighted by molar-refractivity contribution is 5.98. The van der Waals surface area contributed by atoms with Gasteiger partial charge in [-0.3, -0.25) is 9.59 Å². The summed E-state index contributed by atoms with van der Waals surface area (Å²) in [6, 6.07) is 6.35. The molecule has 7 heteroatoms. The number of pyridine rings is 1. The summed E-state index contributed by atoms with van der Waals surface area (Å²) in [7, 11) is 0. The molecule has 2 heterocycles. The van der Waals surface area contributed by atoms with Gasteiger partial charge in [0.1, 0.15) is 6.04 Å². The first kappa shape index (κ1) is 17.5. The molecule has 1 atom stereocenters. The number of aliphatic carboxylic acids is 1. The summed E-state index contributed by atoms with van der Waals surface area (Å²) in [4.78, 5) is 35.1. The molecular formula is C17H21N3O4. The smallest absolute Gasteiger partial charge is 0.326 e. The Balaban J connectivity index is 1.90. The number of fused-ring (bicyclic) bond motifs is 1. The van der Waals surface area contributed by atoms with Gasteiger partial charge in [-0.05, 0) is 30.5 Å². The third-order valence-electron chi connectivity index (χ3n) is 3.52. The summed E-state index contributed by atoms with van der Waals surface area (Å²) in [5.74, 6) is -1.86. The predicted molar refractivity (Wildman–Crippen MR) is 88.8 cm³/mol. The van der Waals surface area contributed by atoms with E-state index in [2.05, 4.69) is 10.6 Å². The van der Waals surface area contributed by atoms with Crippen LogP contribution < -0.4 is 10.6 Å². The van der Waals surface area contributed by atoms with E-state index in [0.717, 1.165) is 5.52 Å². The number of hydrogen-bond donors (Lipinski definition) is 3. The van der Waals surface area contributed by atoms with Crippen LogP contribution >= 0.6 is 0 Å². The zero-order chi connectivity index (χ0) is 17.7. The average Bonchev–Trinajstić information content (AvgIpc) is 2.95. The van der Waals surface area contributed by atoms with Crippen LogP contribution in [-0.2, 0) is 9.59 Å². The molecule has 0 aliphatic rings. The summed E-state index contributed by atoms with van der Waals surface area (Å²) < 4.78 is 1.80. The molecule has 2 amide bonds. The quantitative estimate of drug-likeness (QED) is 0.711. The van der Waals surface area contributed by atoms with Gasteiger partial charge in [0.25, 0.3) is 5.91 Å². The van der Waals surface area contributed by atoms with Crippen LogP contribution in [0.4, 0.5) is 0 Å². The monoisotopic (exact) mass is 331 g/mol. The maximum absolute atomic E-state index is 12.1. The Labute approximate surface area is 139 Å². The van der Waals surface area contributed by atoms with Crippen molar-refractivity contribution in [2.75, 3.05) is 6.54 Å². The van der Waals surface area contributed by atoms with Crippen molar-refractivity contribution in [3.05, 3.63) is 42.2 Å². The molecule has 7 nitrogen and oxygen atoms in total. The Bertz CT molecular complexity index is 718. The lowest BCUT2D eigenvalue weighted by Gasteiger charge is -2.16. The molecule has 0 unspecified atom stereocenters. The molecule has 0 radical (unpaired) electrons. The minimum Gasteiger partial charge on any atom is -0.480 e. The molecule has 2 rings (SSSR count). The van der Waals surface area contributed by atoms with Crippen molar-refractivity contribution in [2.24, 2.45) is 5.92 Å². The molecule has 24 heavy (non-hydrogen) atoms. The van der Waals surface area contributed by atoms with Crippen molar-refractivity contribution in [1.29, 1.82) is 0 Å². The molecule has 2 aromatic heterocycles. The van der Waals surface area contributed by atoms with Crippen LogP contribution in [0, 0.1) is 5.92 Å². The normalized spacial score (nSPS) is 12.1. The van der Waals surface area contributed by atoms with Gasteiger partial charge in [-0.15, -0.1) is 0 Å². The minimum absolute atomic E-state index is 0.134. The third kappa shape index (κ3) is 4.58. The topological polar surface area (TPSA) is 99.9 Å². The third-order valence-corrected chi connectivity index (χ3v) is 3.52. The molecule has 3 N–H and O–H groups in total. The van der Waals surface area contributed by atoms with E-state index in [1.807, 2.05) is 38.2 Å². The minimum atomic E-state index is -1.08. The van der Waals surface area contributed by atoms with Crippen LogP contribution in [0.3, 0.4) is 0 Å². The van der Waals surface area contributed by atoms with Gasteiger partial charge in [0.15, 0.2) is 0 Å². The van der Waals surface area contributed by atoms with Crippen molar-refractivity contribution < 1.29 is 19.5 Å². The summed E-state index contributed by atoms with van der Waals surface area (Å²) in [5, 5.41) is 14.0. The van der Waals surface area contributed by atoms with E-state index in [9.17, 15) is 14.4 Å². The highest BCUT2D eigenvalue weighted by Crippen LogP contribution is 2.09. The maximum Gasteiger partial charge on any atom is 0.326 e. The zero-order valence-electron chi connectivity index (χ0n) is 13.7. The van der Waals surface area contributed by atoms with Gasteiger partial charge in [-0.2, -0.15) is 0 Å². The highest BCUT2D eigenvalue weighted by atomic mass is 16.4. The molecule has 0 bridgehead atoms. The van der Waals surface area contributed by atoms with E-state index in [1.54, 1.807) is 16.7 Å². The largest absolute Gasteiger partial charge is 0.480 e. The van der Waals surface area contributed by atoms with Gasteiger partial charge in [-0.1, -0.05) is 19.9 Å². The van der Waals surface area contributed by atoms with Crippen molar-refractivity contribution in [3.8, 4) is 0 Å². The first-order chi connectivity index (χ1) is 11.4. The van der Waals surface area contributed by atoms with Crippen molar-refractivity contribution in [3.63, 3.8) is 0 Å². The number of carbonyl (C=O) groups is 3. The van der Waals surface area contributed by atoms with E-state index in [-0.39, 0.29) is 18.4 Å². The van der Waals surface area contributed by atoms with Crippen LogP contribution in [0.25, 0.3) is 5.52 Å². The molecule has 0 aromatic carbocycles. The zero-order valence-corrected chi connectivity index (χ0v) is 13.7. The van der Waals surface area contributed by atoms with Crippen molar-refractivity contribution >= 4 is 23.3 Å². The van der Waals surface area contributed by atoms with Crippen LogP contribution in [-0.4, -0.2) is 39.9 Å². The summed E-state index contributed by atoms with van der Waals surface area (Å²) in [6.07, 6.45) is 3.82. The number of carboxylic acids is 1. The van der Waals surface area contributed by atoms with E-state index >= 15 is 0 Å². The lowest BCUT2D eigenvalue weighted by Crippen LogP contribution is -2.46. The fraction of sp³-hybridized carbons (Fsp3) is 0.353. The SMILES string of the molecule is CC(C)C[C@H](NC(=O)CNC(=O)c1cc2ccccn2c1)C(=O)O. The Morgan fingerprint density at radius 1 is 1.25 bits per heavy atom. The van der Waals surface area contributed by atoms with E-state index in [4.69, 9.17) is 5.11 Å². The van der Waals surface area contributed by atoms with Gasteiger partial charge in [-0.25, -0.2) is 4.79 Å². The molecule has 0 saturated heterocycles. The Hall–Kier alpha value is -2.83. The summed E-state index contributed by atoms with van der Waals surface area (Å²) in [5.41, 5.74) is 1.31. The Kier molecular flexibility index (Phi) is 5.57. The standard InChI is InChI=1S/C17H21N3O4/c1-11(2)7-14(17(23)24)19-15(21)9-18-16(22)12-8-13-5-3-4-6-20(13)10-12/h3-6,8,10-11,14H,7,9H2,1-2H3,(H,18,22)(H,19,21)(H,23,24)/t14-/m0/s1. The van der Waals surface area contributed by atoms with Crippen molar-refractivity contribution in [2.45, 2.75) is 26.3 Å². The number of amides is 2. The number of nitrogens with one attached hydrogen (secondary N) is 2. The fourth-order valence-electron chi connectivity index (χ4n) is 2.38. The fourth-order valence-corrected chi connectivity index (χ4v) is 2.38. The summed E-state index contributed by atoms with van der Waals surface area (Å²) >= 11 is 0.